The fraction of sp³-hybridized carbons (Fsp3) is 0.640. The van der Waals surface area contributed by atoms with Crippen LogP contribution in [0.1, 0.15) is 73.3 Å². The lowest BCUT2D eigenvalue weighted by Crippen LogP contribution is -2.52. The van der Waals surface area contributed by atoms with Gasteiger partial charge in [-0.05, 0) is 47.0 Å². The molecule has 2 rings (SSSR count). The lowest BCUT2D eigenvalue weighted by molar-refractivity contribution is -0.0318. The molecule has 0 aromatic heterocycles. The van der Waals surface area contributed by atoms with Gasteiger partial charge in [-0.1, -0.05) is 97.9 Å². The summed E-state index contributed by atoms with van der Waals surface area (Å²) in [7, 11) is 0. The average Bonchev–Trinajstić information content (AvgIpc) is 2.61. The van der Waals surface area contributed by atoms with Crippen LogP contribution in [0.15, 0.2) is 42.5 Å². The van der Waals surface area contributed by atoms with Crippen LogP contribution >= 0.6 is 0 Å². The molecule has 2 N–H and O–H groups in total. The summed E-state index contributed by atoms with van der Waals surface area (Å²) in [5.41, 5.74) is 2.06. The minimum atomic E-state index is 0.216. The summed E-state index contributed by atoms with van der Waals surface area (Å²) in [6, 6.07) is 12.6. The Morgan fingerprint density at radius 3 is 1.63 bits per heavy atom. The molecule has 0 saturated heterocycles. The highest BCUT2D eigenvalue weighted by Gasteiger charge is 2.56. The summed E-state index contributed by atoms with van der Waals surface area (Å²) in [5.74, 6) is 3.12. The molecule has 1 aromatic carbocycles. The first-order chi connectivity index (χ1) is 12.6. The Bertz CT molecular complexity index is 616. The van der Waals surface area contributed by atoms with E-state index in [4.69, 9.17) is 10.8 Å². The molecule has 0 saturated carbocycles. The van der Waals surface area contributed by atoms with Crippen LogP contribution in [0.3, 0.4) is 0 Å². The Morgan fingerprint density at radius 1 is 0.815 bits per heavy atom. The fourth-order valence-electron chi connectivity index (χ4n) is 5.91. The van der Waals surface area contributed by atoms with Gasteiger partial charge in [0, 0.05) is 5.41 Å². The third-order valence-corrected chi connectivity index (χ3v) is 7.20. The van der Waals surface area contributed by atoms with E-state index in [0.717, 1.165) is 0 Å². The lowest BCUT2D eigenvalue weighted by Gasteiger charge is -2.60. The first kappa shape index (κ1) is 23.4. The van der Waals surface area contributed by atoms with Crippen molar-refractivity contribution in [2.45, 2.75) is 67.7 Å². The van der Waals surface area contributed by atoms with Crippen molar-refractivity contribution < 1.29 is 0 Å². The second-order valence-corrected chi connectivity index (χ2v) is 9.31. The highest BCUT2D eigenvalue weighted by Crippen LogP contribution is 2.65. The van der Waals surface area contributed by atoms with Gasteiger partial charge in [0.15, 0.2) is 0 Å². The zero-order valence-electron chi connectivity index (χ0n) is 18.6. The van der Waals surface area contributed by atoms with Crippen LogP contribution in [-0.4, -0.2) is 6.01 Å². The van der Waals surface area contributed by atoms with E-state index in [0.29, 0.717) is 35.0 Å². The Labute approximate surface area is 167 Å². The highest BCUT2D eigenvalue weighted by atomic mass is 14.6. The van der Waals surface area contributed by atoms with Crippen LogP contribution in [0.25, 0.3) is 0 Å². The van der Waals surface area contributed by atoms with Crippen molar-refractivity contribution in [3.05, 3.63) is 48.0 Å². The van der Waals surface area contributed by atoms with E-state index in [2.05, 4.69) is 97.9 Å². The number of rotatable bonds is 5. The molecule has 0 spiro atoms. The second kappa shape index (κ2) is 9.51. The van der Waals surface area contributed by atoms with Crippen molar-refractivity contribution in [1.82, 2.24) is 0 Å². The summed E-state index contributed by atoms with van der Waals surface area (Å²) >= 11 is 0. The highest BCUT2D eigenvalue weighted by molar-refractivity contribution is 5.33. The zero-order valence-corrected chi connectivity index (χ0v) is 18.6. The fourth-order valence-corrected chi connectivity index (χ4v) is 5.91. The summed E-state index contributed by atoms with van der Waals surface area (Å²) in [6.07, 6.45) is 6.30. The number of hydrogen-bond donors (Lipinski definition) is 2. The molecular weight excluding hydrogens is 328 g/mol. The quantitative estimate of drug-likeness (QED) is 0.396. The molecule has 1 unspecified atom stereocenters. The summed E-state index contributed by atoms with van der Waals surface area (Å²) < 4.78 is 0. The normalized spacial score (nSPS) is 20.5. The smallest absolute Gasteiger partial charge is 0.0831 e. The third kappa shape index (κ3) is 4.11. The van der Waals surface area contributed by atoms with Gasteiger partial charge in [0.05, 0.1) is 6.01 Å². The molecule has 1 aromatic rings. The number of nitrogens with one attached hydrogen (secondary N) is 2. The monoisotopic (exact) mass is 368 g/mol. The maximum atomic E-state index is 5.62. The summed E-state index contributed by atoms with van der Waals surface area (Å²) in [6.45, 7) is 19.5. The van der Waals surface area contributed by atoms with E-state index < -0.39 is 0 Å². The number of hydrogen-bond acceptors (Lipinski definition) is 2. The van der Waals surface area contributed by atoms with E-state index in [1.54, 1.807) is 0 Å². The largest absolute Gasteiger partial charge is 0.242 e. The van der Waals surface area contributed by atoms with Gasteiger partial charge in [-0.25, -0.2) is 10.8 Å². The molecule has 2 heteroatoms. The van der Waals surface area contributed by atoms with Gasteiger partial charge in [-0.3, -0.25) is 0 Å². The van der Waals surface area contributed by atoms with Gasteiger partial charge in [-0.2, -0.15) is 0 Å². The Kier molecular flexibility index (Phi) is 8.23. The predicted molar refractivity (Wildman–Crippen MR) is 118 cm³/mol. The summed E-state index contributed by atoms with van der Waals surface area (Å²) in [4.78, 5) is 0. The van der Waals surface area contributed by atoms with Crippen LogP contribution in [0.2, 0.25) is 0 Å². The van der Waals surface area contributed by atoms with Crippen molar-refractivity contribution in [3.63, 3.8) is 0 Å². The number of benzene rings is 1. The van der Waals surface area contributed by atoms with Gasteiger partial charge >= 0.3 is 0 Å². The second-order valence-electron chi connectivity index (χ2n) is 9.31. The van der Waals surface area contributed by atoms with Crippen LogP contribution in [-0.2, 0) is 0 Å². The Balaban J connectivity index is 0.00000114. The van der Waals surface area contributed by atoms with Crippen molar-refractivity contribution in [2.75, 3.05) is 0 Å². The molecule has 0 aliphatic heterocycles. The molecular formula is C25H40N2. The van der Waals surface area contributed by atoms with Gasteiger partial charge in [0.1, 0.15) is 0 Å². The maximum absolute atomic E-state index is 5.62. The van der Waals surface area contributed by atoms with E-state index in [1.165, 1.54) is 18.0 Å². The van der Waals surface area contributed by atoms with Gasteiger partial charge in [0.25, 0.3) is 0 Å². The maximum Gasteiger partial charge on any atom is 0.0831 e. The van der Waals surface area contributed by atoms with Crippen molar-refractivity contribution >= 4 is 6.01 Å². The molecule has 0 fully saturated rings. The molecule has 0 bridgehead atoms. The van der Waals surface area contributed by atoms with E-state index >= 15 is 0 Å². The number of allylic oxidation sites excluding steroid dienone is 2. The minimum Gasteiger partial charge on any atom is -0.242 e. The van der Waals surface area contributed by atoms with Crippen LogP contribution in [0.4, 0.5) is 0 Å². The molecule has 1 aliphatic rings. The van der Waals surface area contributed by atoms with E-state index in [-0.39, 0.29) is 5.41 Å². The lowest BCUT2D eigenvalue weighted by atomic mass is 9.44. The SMILES string of the molecule is CC(C)C1(C(C)C)C=CCC(C(C)C)(C(C)C)C1c1ccccc1.N=C=N. The van der Waals surface area contributed by atoms with Gasteiger partial charge in [0.2, 0.25) is 0 Å². The van der Waals surface area contributed by atoms with Crippen LogP contribution < -0.4 is 0 Å². The average molecular weight is 369 g/mol. The Morgan fingerprint density at radius 2 is 1.26 bits per heavy atom. The molecule has 0 heterocycles. The van der Waals surface area contributed by atoms with Crippen LogP contribution in [0, 0.1) is 45.3 Å². The molecule has 27 heavy (non-hydrogen) atoms. The van der Waals surface area contributed by atoms with E-state index in [1.807, 2.05) is 0 Å². The van der Waals surface area contributed by atoms with Crippen LogP contribution in [0.5, 0.6) is 0 Å². The van der Waals surface area contributed by atoms with E-state index in [9.17, 15) is 0 Å². The van der Waals surface area contributed by atoms with Crippen molar-refractivity contribution in [3.8, 4) is 0 Å². The first-order valence-electron chi connectivity index (χ1n) is 10.4. The van der Waals surface area contributed by atoms with Crippen molar-refractivity contribution in [2.24, 2.45) is 34.5 Å². The topological polar surface area (TPSA) is 47.7 Å². The van der Waals surface area contributed by atoms with Gasteiger partial charge < -0.3 is 0 Å². The molecule has 0 radical (unpaired) electrons. The molecule has 2 nitrogen and oxygen atoms in total. The molecule has 0 amide bonds. The zero-order chi connectivity index (χ0) is 20.8. The van der Waals surface area contributed by atoms with Gasteiger partial charge in [-0.15, -0.1) is 0 Å². The molecule has 1 aliphatic carbocycles. The predicted octanol–water partition coefficient (Wildman–Crippen LogP) is 7.64. The Hall–Kier alpha value is -1.66. The summed E-state index contributed by atoms with van der Waals surface area (Å²) in [5, 5.41) is 11.2. The molecule has 1 atom stereocenters. The molecule has 150 valence electrons. The third-order valence-electron chi connectivity index (χ3n) is 7.20. The minimum absolute atomic E-state index is 0.216. The van der Waals surface area contributed by atoms with Crippen molar-refractivity contribution in [1.29, 1.82) is 10.8 Å². The standard InChI is InChI=1S/C24H38.CH2N2/c1-17(2)23(18(3)4)15-12-16-24(19(5)6,20(7)8)22(23)21-13-10-9-11-14-21;2-1-3/h9-15,17-20,22H,16H2,1-8H3;2-3H. The first-order valence-corrected chi connectivity index (χ1v) is 10.4.